The minimum absolute atomic E-state index is 0.180. The van der Waals surface area contributed by atoms with Crippen molar-refractivity contribution in [2.24, 2.45) is 0 Å². The zero-order chi connectivity index (χ0) is 55.5. The number of allylic oxidation sites excluding steroid dienone is 4. The standard InChI is InChI=1S/C67H127NO8/c1-6-8-10-12-14-16-18-20-22-24-26-27-28-29-30-31-32-33-34-35-36-37-38-39-40-42-43-45-47-49-51-53-55-57-64(69)74-61-63(62-75-67(66(71)72)73-60-59-68(3,4)5)76-65(70)58-56-54-52-50-48-46-44-41-25-23-21-19-17-15-13-11-9-7-2/h17,19,23,25,63,67H,6-16,18,20-22,24,26-62H2,1-5H3/p+1/b19-17-,25-23-. The highest BCUT2D eigenvalue weighted by atomic mass is 16.7. The van der Waals surface area contributed by atoms with Crippen molar-refractivity contribution in [3.63, 3.8) is 0 Å². The van der Waals surface area contributed by atoms with Gasteiger partial charge in [0.05, 0.1) is 34.4 Å². The molecule has 0 aliphatic carbocycles. The van der Waals surface area contributed by atoms with Crippen molar-refractivity contribution in [1.29, 1.82) is 0 Å². The highest BCUT2D eigenvalue weighted by Crippen LogP contribution is 2.18. The molecule has 1 N–H and O–H groups in total. The highest BCUT2D eigenvalue weighted by molar-refractivity contribution is 5.71. The van der Waals surface area contributed by atoms with E-state index in [0.29, 0.717) is 23.9 Å². The van der Waals surface area contributed by atoms with Gasteiger partial charge in [-0.15, -0.1) is 0 Å². The molecule has 0 aliphatic rings. The van der Waals surface area contributed by atoms with E-state index < -0.39 is 24.3 Å². The average molecular weight is 1080 g/mol. The molecule has 2 atom stereocenters. The van der Waals surface area contributed by atoms with Gasteiger partial charge in [0.2, 0.25) is 0 Å². The van der Waals surface area contributed by atoms with E-state index in [9.17, 15) is 19.5 Å². The molecule has 76 heavy (non-hydrogen) atoms. The zero-order valence-electron chi connectivity index (χ0n) is 51.2. The number of rotatable bonds is 62. The lowest BCUT2D eigenvalue weighted by molar-refractivity contribution is -0.870. The van der Waals surface area contributed by atoms with Crippen LogP contribution in [-0.2, 0) is 33.3 Å². The molecule has 0 radical (unpaired) electrons. The van der Waals surface area contributed by atoms with Crippen molar-refractivity contribution in [3.05, 3.63) is 24.3 Å². The number of quaternary nitrogens is 1. The number of carbonyl (C=O) groups is 3. The number of carboxylic acid groups (broad SMARTS) is 1. The first-order valence-electron chi connectivity index (χ1n) is 33.0. The Labute approximate surface area is 471 Å². The number of carboxylic acids is 1. The van der Waals surface area contributed by atoms with Crippen LogP contribution < -0.4 is 0 Å². The fourth-order valence-electron chi connectivity index (χ4n) is 9.87. The summed E-state index contributed by atoms with van der Waals surface area (Å²) in [6, 6.07) is 0. The van der Waals surface area contributed by atoms with Crippen LogP contribution >= 0.6 is 0 Å². The number of ether oxygens (including phenoxy) is 4. The van der Waals surface area contributed by atoms with Crippen LogP contribution in [0.2, 0.25) is 0 Å². The van der Waals surface area contributed by atoms with E-state index in [4.69, 9.17) is 18.9 Å². The third-order valence-corrected chi connectivity index (χ3v) is 15.0. The van der Waals surface area contributed by atoms with E-state index in [2.05, 4.69) is 38.2 Å². The largest absolute Gasteiger partial charge is 0.477 e. The Hall–Kier alpha value is -2.23. The smallest absolute Gasteiger partial charge is 0.361 e. The van der Waals surface area contributed by atoms with Gasteiger partial charge in [-0.25, -0.2) is 4.79 Å². The van der Waals surface area contributed by atoms with Gasteiger partial charge in [0, 0.05) is 12.8 Å². The lowest BCUT2D eigenvalue weighted by Gasteiger charge is -2.25. The molecular formula is C67H128NO8+. The predicted octanol–water partition coefficient (Wildman–Crippen LogP) is 19.9. The molecule has 0 rings (SSSR count). The van der Waals surface area contributed by atoms with Gasteiger partial charge in [0.15, 0.2) is 6.10 Å². The van der Waals surface area contributed by atoms with Gasteiger partial charge in [-0.1, -0.05) is 295 Å². The number of carbonyl (C=O) groups excluding carboxylic acids is 2. The van der Waals surface area contributed by atoms with Crippen LogP contribution in [0.15, 0.2) is 24.3 Å². The van der Waals surface area contributed by atoms with Crippen molar-refractivity contribution in [3.8, 4) is 0 Å². The maximum atomic E-state index is 12.9. The van der Waals surface area contributed by atoms with Crippen LogP contribution in [0.5, 0.6) is 0 Å². The SMILES string of the molecule is CCCCCC/C=C\C/C=C\CCCCCCCCCC(=O)OC(COC(=O)CCCCCCCCCCCCCCCCCCCCCCCCCCCCCCCCCCC)COC(OCC[N+](C)(C)C)C(=O)O. The Morgan fingerprint density at radius 1 is 0.395 bits per heavy atom. The first-order valence-corrected chi connectivity index (χ1v) is 33.0. The third-order valence-electron chi connectivity index (χ3n) is 15.0. The Morgan fingerprint density at radius 2 is 0.711 bits per heavy atom. The van der Waals surface area contributed by atoms with Crippen LogP contribution in [-0.4, -0.2) is 87.4 Å². The number of likely N-dealkylation sites (N-methyl/N-ethyl adjacent to an activating group) is 1. The maximum absolute atomic E-state index is 12.9. The number of hydrogen-bond acceptors (Lipinski definition) is 7. The molecule has 0 aromatic carbocycles. The molecule has 0 heterocycles. The number of nitrogens with zero attached hydrogens (tertiary/aromatic N) is 1. The molecule has 0 fully saturated rings. The minimum atomic E-state index is -1.51. The quantitative estimate of drug-likeness (QED) is 0.0211. The topological polar surface area (TPSA) is 108 Å². The first kappa shape index (κ1) is 73.8. The molecule has 0 amide bonds. The number of esters is 2. The summed E-state index contributed by atoms with van der Waals surface area (Å²) in [6.07, 6.45) is 68.6. The van der Waals surface area contributed by atoms with E-state index in [1.54, 1.807) is 0 Å². The minimum Gasteiger partial charge on any atom is -0.477 e. The molecule has 0 saturated heterocycles. The van der Waals surface area contributed by atoms with Crippen LogP contribution in [0.25, 0.3) is 0 Å². The van der Waals surface area contributed by atoms with Crippen LogP contribution in [0.4, 0.5) is 0 Å². The second kappa shape index (κ2) is 58.9. The van der Waals surface area contributed by atoms with E-state index >= 15 is 0 Å². The van der Waals surface area contributed by atoms with E-state index in [0.717, 1.165) is 51.4 Å². The summed E-state index contributed by atoms with van der Waals surface area (Å²) in [7, 11) is 5.98. The summed E-state index contributed by atoms with van der Waals surface area (Å²) in [5, 5.41) is 9.72. The van der Waals surface area contributed by atoms with Crippen LogP contribution in [0.1, 0.15) is 328 Å². The fraction of sp³-hybridized carbons (Fsp3) is 0.896. The Bertz CT molecular complexity index is 1300. The van der Waals surface area contributed by atoms with E-state index in [-0.39, 0.29) is 32.2 Å². The molecule has 9 nitrogen and oxygen atoms in total. The summed E-state index contributed by atoms with van der Waals surface area (Å²) in [6.45, 7) is 4.91. The van der Waals surface area contributed by atoms with E-state index in [1.165, 1.54) is 244 Å². The molecule has 0 aliphatic heterocycles. The maximum Gasteiger partial charge on any atom is 0.361 e. The van der Waals surface area contributed by atoms with Crippen molar-refractivity contribution in [2.75, 3.05) is 47.5 Å². The van der Waals surface area contributed by atoms with Crippen molar-refractivity contribution in [2.45, 2.75) is 341 Å². The van der Waals surface area contributed by atoms with Crippen molar-refractivity contribution >= 4 is 17.9 Å². The zero-order valence-corrected chi connectivity index (χ0v) is 51.2. The highest BCUT2D eigenvalue weighted by Gasteiger charge is 2.25. The average Bonchev–Trinajstić information content (AvgIpc) is 3.39. The Balaban J connectivity index is 4.02. The second-order valence-corrected chi connectivity index (χ2v) is 23.8. The second-order valence-electron chi connectivity index (χ2n) is 23.8. The van der Waals surface area contributed by atoms with Gasteiger partial charge < -0.3 is 28.5 Å². The van der Waals surface area contributed by atoms with Crippen molar-refractivity contribution < 1.29 is 42.9 Å². The lowest BCUT2D eigenvalue weighted by Crippen LogP contribution is -2.40. The van der Waals surface area contributed by atoms with Gasteiger partial charge in [-0.3, -0.25) is 9.59 Å². The monoisotopic (exact) mass is 1070 g/mol. The van der Waals surface area contributed by atoms with Gasteiger partial charge in [-0.05, 0) is 44.9 Å². The molecule has 9 heteroatoms. The number of hydrogen-bond donors (Lipinski definition) is 1. The van der Waals surface area contributed by atoms with Crippen molar-refractivity contribution in [1.82, 2.24) is 0 Å². The van der Waals surface area contributed by atoms with Crippen LogP contribution in [0.3, 0.4) is 0 Å². The molecule has 448 valence electrons. The molecule has 0 saturated carbocycles. The lowest BCUT2D eigenvalue weighted by atomic mass is 10.0. The van der Waals surface area contributed by atoms with Gasteiger partial charge in [0.1, 0.15) is 13.2 Å². The van der Waals surface area contributed by atoms with E-state index in [1.807, 2.05) is 21.1 Å². The summed E-state index contributed by atoms with van der Waals surface area (Å²) < 4.78 is 22.9. The van der Waals surface area contributed by atoms with Gasteiger partial charge in [0.25, 0.3) is 6.29 Å². The predicted molar refractivity (Wildman–Crippen MR) is 323 cm³/mol. The molecule has 0 spiro atoms. The normalized spacial score (nSPS) is 12.8. The third kappa shape index (κ3) is 59.4. The molecular weight excluding hydrogens is 947 g/mol. The molecule has 0 bridgehead atoms. The van der Waals surface area contributed by atoms with Gasteiger partial charge in [-0.2, -0.15) is 0 Å². The van der Waals surface area contributed by atoms with Gasteiger partial charge >= 0.3 is 17.9 Å². The molecule has 0 aromatic heterocycles. The van der Waals surface area contributed by atoms with Crippen LogP contribution in [0, 0.1) is 0 Å². The number of aliphatic carboxylic acids is 1. The summed E-state index contributed by atoms with van der Waals surface area (Å²) >= 11 is 0. The Kier molecular flexibility index (Phi) is 57.2. The summed E-state index contributed by atoms with van der Waals surface area (Å²) in [4.78, 5) is 37.5. The molecule has 2 unspecified atom stereocenters. The Morgan fingerprint density at radius 3 is 1.05 bits per heavy atom. The molecule has 0 aromatic rings. The number of unbranched alkanes of at least 4 members (excludes halogenated alkanes) is 43. The first-order chi connectivity index (χ1) is 37.1. The fourth-order valence-corrected chi connectivity index (χ4v) is 9.87. The summed E-state index contributed by atoms with van der Waals surface area (Å²) in [5.41, 5.74) is 0. The summed E-state index contributed by atoms with van der Waals surface area (Å²) in [5.74, 6) is -1.99.